The van der Waals surface area contributed by atoms with Crippen LogP contribution in [-0.4, -0.2) is 37.7 Å². The van der Waals surface area contributed by atoms with Gasteiger partial charge in [0, 0.05) is 17.0 Å². The average molecular weight is 297 g/mol. The van der Waals surface area contributed by atoms with Gasteiger partial charge in [0.2, 0.25) is 0 Å². The number of hydrogen-bond donors (Lipinski definition) is 0. The Morgan fingerprint density at radius 2 is 2.23 bits per heavy atom. The SMILES string of the molecule is COc1ccc2c3c1O[C@H]1C(C)=CCC4[C@@H](C2)N(C)CC[C@@]341. The van der Waals surface area contributed by atoms with Crippen molar-refractivity contribution < 1.29 is 9.47 Å². The van der Waals surface area contributed by atoms with Crippen molar-refractivity contribution in [3.8, 4) is 11.5 Å². The predicted molar refractivity (Wildman–Crippen MR) is 85.7 cm³/mol. The number of methoxy groups -OCH3 is 1. The van der Waals surface area contributed by atoms with Crippen LogP contribution in [0, 0.1) is 5.92 Å². The zero-order chi connectivity index (χ0) is 15.1. The van der Waals surface area contributed by atoms with E-state index in [1.165, 1.54) is 36.1 Å². The summed E-state index contributed by atoms with van der Waals surface area (Å²) in [5.74, 6) is 2.62. The van der Waals surface area contributed by atoms with E-state index in [0.29, 0.717) is 12.0 Å². The maximum atomic E-state index is 6.54. The standard InChI is InChI=1S/C19H23NO2/c1-11-4-6-13-14-10-12-5-7-15(21-3)17-16(12)19(13,18(11)22-17)8-9-20(14)2/h4-5,7,13-14,18H,6,8-10H2,1-3H3/t13?,14-,18+,19+/m1/s1. The lowest BCUT2D eigenvalue weighted by Gasteiger charge is -2.57. The summed E-state index contributed by atoms with van der Waals surface area (Å²) < 4.78 is 12.1. The molecular weight excluding hydrogens is 274 g/mol. The molecule has 2 aliphatic carbocycles. The lowest BCUT2D eigenvalue weighted by atomic mass is 9.52. The molecular formula is C19H23NO2. The van der Waals surface area contributed by atoms with E-state index in [-0.39, 0.29) is 11.5 Å². The van der Waals surface area contributed by atoms with E-state index in [2.05, 4.69) is 37.1 Å². The summed E-state index contributed by atoms with van der Waals surface area (Å²) in [5, 5.41) is 0. The molecule has 3 nitrogen and oxygen atoms in total. The average Bonchev–Trinajstić information content (AvgIpc) is 2.88. The van der Waals surface area contributed by atoms with E-state index in [0.717, 1.165) is 17.9 Å². The third-order valence-electron chi connectivity index (χ3n) is 6.70. The molecule has 1 saturated heterocycles. The van der Waals surface area contributed by atoms with Crippen LogP contribution in [0.2, 0.25) is 0 Å². The molecule has 0 saturated carbocycles. The quantitative estimate of drug-likeness (QED) is 0.744. The normalized spacial score (nSPS) is 38.1. The molecule has 4 aliphatic rings. The number of likely N-dealkylation sites (tertiary alicyclic amines) is 1. The number of nitrogens with zero attached hydrogens (tertiary/aromatic N) is 1. The first kappa shape index (κ1) is 13.0. The molecule has 0 radical (unpaired) electrons. The van der Waals surface area contributed by atoms with Crippen LogP contribution in [-0.2, 0) is 11.8 Å². The van der Waals surface area contributed by atoms with E-state index in [9.17, 15) is 0 Å². The van der Waals surface area contributed by atoms with Crippen molar-refractivity contribution in [1.29, 1.82) is 0 Å². The van der Waals surface area contributed by atoms with Gasteiger partial charge >= 0.3 is 0 Å². The van der Waals surface area contributed by atoms with Gasteiger partial charge < -0.3 is 14.4 Å². The van der Waals surface area contributed by atoms with E-state index >= 15 is 0 Å². The van der Waals surface area contributed by atoms with Crippen molar-refractivity contribution in [3.63, 3.8) is 0 Å². The van der Waals surface area contributed by atoms with Gasteiger partial charge in [0.1, 0.15) is 6.10 Å². The van der Waals surface area contributed by atoms with Crippen LogP contribution in [0.4, 0.5) is 0 Å². The third-order valence-corrected chi connectivity index (χ3v) is 6.70. The van der Waals surface area contributed by atoms with Crippen LogP contribution in [0.3, 0.4) is 0 Å². The Labute approximate surface area is 131 Å². The van der Waals surface area contributed by atoms with Crippen molar-refractivity contribution >= 4 is 0 Å². The highest BCUT2D eigenvalue weighted by Crippen LogP contribution is 2.63. The van der Waals surface area contributed by atoms with Gasteiger partial charge in [-0.05, 0) is 62.9 Å². The van der Waals surface area contributed by atoms with E-state index in [1.807, 2.05) is 0 Å². The molecule has 0 N–H and O–H groups in total. The van der Waals surface area contributed by atoms with Crippen LogP contribution < -0.4 is 9.47 Å². The summed E-state index contributed by atoms with van der Waals surface area (Å²) in [6.07, 6.45) is 6.18. The lowest BCUT2D eigenvalue weighted by Crippen LogP contribution is -2.63. The second-order valence-electron chi connectivity index (χ2n) is 7.46. The fraction of sp³-hybridized carbons (Fsp3) is 0.579. The maximum absolute atomic E-state index is 6.54. The highest BCUT2D eigenvalue weighted by molar-refractivity contribution is 5.62. The number of allylic oxidation sites excluding steroid dienone is 1. The molecule has 0 aromatic heterocycles. The van der Waals surface area contributed by atoms with Gasteiger partial charge in [-0.25, -0.2) is 0 Å². The minimum Gasteiger partial charge on any atom is -0.493 e. The molecule has 22 heavy (non-hydrogen) atoms. The Hall–Kier alpha value is -1.48. The summed E-state index contributed by atoms with van der Waals surface area (Å²) >= 11 is 0. The molecule has 2 aliphatic heterocycles. The minimum absolute atomic E-state index is 0.188. The summed E-state index contributed by atoms with van der Waals surface area (Å²) in [6, 6.07) is 5.02. The second kappa shape index (κ2) is 4.08. The number of rotatable bonds is 1. The van der Waals surface area contributed by atoms with E-state index in [1.54, 1.807) is 7.11 Å². The van der Waals surface area contributed by atoms with Crippen LogP contribution in [0.15, 0.2) is 23.8 Å². The van der Waals surface area contributed by atoms with Crippen molar-refractivity contribution in [2.24, 2.45) is 5.92 Å². The number of benzene rings is 1. The zero-order valence-electron chi connectivity index (χ0n) is 13.6. The fourth-order valence-electron chi connectivity index (χ4n) is 5.73. The summed E-state index contributed by atoms with van der Waals surface area (Å²) in [7, 11) is 4.05. The van der Waals surface area contributed by atoms with Gasteiger partial charge in [0.25, 0.3) is 0 Å². The van der Waals surface area contributed by atoms with Gasteiger partial charge in [0.15, 0.2) is 11.5 Å². The minimum atomic E-state index is 0.188. The van der Waals surface area contributed by atoms with E-state index < -0.39 is 0 Å². The lowest BCUT2D eigenvalue weighted by molar-refractivity contribution is -0.00815. The molecule has 2 heterocycles. The maximum Gasteiger partial charge on any atom is 0.166 e. The Bertz CT molecular complexity index is 695. The number of ether oxygens (including phenoxy) is 2. The third kappa shape index (κ3) is 1.28. The molecule has 1 unspecified atom stereocenters. The Kier molecular flexibility index (Phi) is 2.41. The molecule has 116 valence electrons. The first-order valence-electron chi connectivity index (χ1n) is 8.40. The zero-order valence-corrected chi connectivity index (χ0v) is 13.6. The number of likely N-dealkylation sites (N-methyl/N-ethyl adjacent to an activating group) is 1. The van der Waals surface area contributed by atoms with Gasteiger partial charge in [-0.1, -0.05) is 12.1 Å². The summed E-state index contributed by atoms with van der Waals surface area (Å²) in [6.45, 7) is 3.42. The van der Waals surface area contributed by atoms with Crippen LogP contribution in [0.5, 0.6) is 11.5 Å². The molecule has 2 bridgehead atoms. The number of hydrogen-bond acceptors (Lipinski definition) is 3. The summed E-state index contributed by atoms with van der Waals surface area (Å²) in [4.78, 5) is 2.58. The van der Waals surface area contributed by atoms with Crippen LogP contribution in [0.1, 0.15) is 30.9 Å². The highest BCUT2D eigenvalue weighted by atomic mass is 16.5. The van der Waals surface area contributed by atoms with Crippen molar-refractivity contribution in [2.75, 3.05) is 20.7 Å². The molecule has 5 rings (SSSR count). The van der Waals surface area contributed by atoms with E-state index in [4.69, 9.17) is 9.47 Å². The van der Waals surface area contributed by atoms with Crippen LogP contribution in [0.25, 0.3) is 0 Å². The Balaban J connectivity index is 1.83. The van der Waals surface area contributed by atoms with Crippen molar-refractivity contribution in [3.05, 3.63) is 34.9 Å². The van der Waals surface area contributed by atoms with Gasteiger partial charge in [-0.2, -0.15) is 0 Å². The topological polar surface area (TPSA) is 21.7 Å². The Morgan fingerprint density at radius 1 is 1.36 bits per heavy atom. The molecule has 1 aromatic rings. The second-order valence-corrected chi connectivity index (χ2v) is 7.46. The smallest absolute Gasteiger partial charge is 0.166 e. The van der Waals surface area contributed by atoms with Crippen molar-refractivity contribution in [2.45, 2.75) is 43.7 Å². The first-order chi connectivity index (χ1) is 10.7. The molecule has 4 atom stereocenters. The van der Waals surface area contributed by atoms with Gasteiger partial charge in [-0.3, -0.25) is 0 Å². The fourth-order valence-corrected chi connectivity index (χ4v) is 5.73. The van der Waals surface area contributed by atoms with Gasteiger partial charge in [-0.15, -0.1) is 0 Å². The number of piperidine rings is 1. The molecule has 1 fully saturated rings. The highest BCUT2D eigenvalue weighted by Gasteiger charge is 2.63. The largest absolute Gasteiger partial charge is 0.493 e. The van der Waals surface area contributed by atoms with Gasteiger partial charge in [0.05, 0.1) is 7.11 Å². The molecule has 1 spiro atoms. The molecule has 3 heteroatoms. The van der Waals surface area contributed by atoms with Crippen LogP contribution >= 0.6 is 0 Å². The van der Waals surface area contributed by atoms with Crippen molar-refractivity contribution in [1.82, 2.24) is 4.90 Å². The first-order valence-corrected chi connectivity index (χ1v) is 8.40. The molecule has 1 aromatic carbocycles. The monoisotopic (exact) mass is 297 g/mol. The molecule has 0 amide bonds. The Morgan fingerprint density at radius 3 is 3.05 bits per heavy atom. The summed E-state index contributed by atoms with van der Waals surface area (Å²) in [5.41, 5.74) is 4.57. The predicted octanol–water partition coefficient (Wildman–Crippen LogP) is 2.92.